The molecule has 1 heterocycles. The molecule has 1 aliphatic heterocycles. The molecule has 0 fully saturated rings. The largest absolute Gasteiger partial charge is 0.494 e. The van der Waals surface area contributed by atoms with Crippen molar-refractivity contribution in [3.63, 3.8) is 0 Å². The summed E-state index contributed by atoms with van der Waals surface area (Å²) in [6, 6.07) is 14.6. The molecule has 0 radical (unpaired) electrons. The fourth-order valence-corrected chi connectivity index (χ4v) is 4.49. The minimum Gasteiger partial charge on any atom is -0.494 e. The number of fused-ring (bicyclic) bond motifs is 3. The fraction of sp³-hybridized carbons (Fsp3) is 0.400. The summed E-state index contributed by atoms with van der Waals surface area (Å²) in [6.45, 7) is 8.67. The Morgan fingerprint density at radius 1 is 1.17 bits per heavy atom. The normalized spacial score (nSPS) is 22.4. The predicted molar refractivity (Wildman–Crippen MR) is 118 cm³/mol. The number of carbonyl (C=O) groups is 1. The number of rotatable bonds is 4. The van der Waals surface area contributed by atoms with Crippen molar-refractivity contribution in [1.29, 1.82) is 0 Å². The van der Waals surface area contributed by atoms with Gasteiger partial charge in [-0.3, -0.25) is 4.79 Å². The van der Waals surface area contributed by atoms with Gasteiger partial charge in [-0.15, -0.1) is 0 Å². The second-order valence-corrected chi connectivity index (χ2v) is 8.95. The highest BCUT2D eigenvalue weighted by molar-refractivity contribution is 6.01. The van der Waals surface area contributed by atoms with Gasteiger partial charge in [0.1, 0.15) is 5.75 Å². The summed E-state index contributed by atoms with van der Waals surface area (Å²) in [4.78, 5) is 13.0. The lowest BCUT2D eigenvalue weighted by Gasteiger charge is -2.38. The molecule has 3 unspecified atom stereocenters. The average Bonchev–Trinajstić information content (AvgIpc) is 3.16. The first-order valence-corrected chi connectivity index (χ1v) is 10.5. The second kappa shape index (κ2) is 7.58. The Bertz CT molecular complexity index is 925. The van der Waals surface area contributed by atoms with Crippen molar-refractivity contribution in [1.82, 2.24) is 5.32 Å². The Morgan fingerprint density at radius 2 is 1.93 bits per heavy atom. The smallest absolute Gasteiger partial charge is 0.253 e. The Morgan fingerprint density at radius 3 is 2.62 bits per heavy atom. The van der Waals surface area contributed by atoms with Crippen LogP contribution in [0.15, 0.2) is 54.6 Å². The molecular formula is C25H30N2O2. The fourth-order valence-electron chi connectivity index (χ4n) is 4.49. The molecule has 0 spiro atoms. The van der Waals surface area contributed by atoms with Crippen LogP contribution in [0.5, 0.6) is 5.75 Å². The SMILES string of the molecule is CCOc1ccc(C2Nc3c(C(=O)NC(C)(C)C)cccc3C3C=CCC32)cc1. The summed E-state index contributed by atoms with van der Waals surface area (Å²) in [5.74, 6) is 1.62. The lowest BCUT2D eigenvalue weighted by Crippen LogP contribution is -2.41. The first-order valence-electron chi connectivity index (χ1n) is 10.5. The van der Waals surface area contributed by atoms with Crippen LogP contribution in [0.1, 0.15) is 67.6 Å². The van der Waals surface area contributed by atoms with Crippen LogP contribution in [-0.2, 0) is 0 Å². The van der Waals surface area contributed by atoms with Gasteiger partial charge in [-0.25, -0.2) is 0 Å². The third kappa shape index (κ3) is 3.89. The predicted octanol–water partition coefficient (Wildman–Crippen LogP) is 5.44. The van der Waals surface area contributed by atoms with Gasteiger partial charge in [-0.2, -0.15) is 0 Å². The van der Waals surface area contributed by atoms with Crippen LogP contribution in [-0.4, -0.2) is 18.1 Å². The van der Waals surface area contributed by atoms with E-state index < -0.39 is 0 Å². The van der Waals surface area contributed by atoms with Crippen LogP contribution in [0.4, 0.5) is 5.69 Å². The van der Waals surface area contributed by atoms with Crippen LogP contribution in [0, 0.1) is 5.92 Å². The Labute approximate surface area is 173 Å². The van der Waals surface area contributed by atoms with Crippen LogP contribution >= 0.6 is 0 Å². The summed E-state index contributed by atoms with van der Waals surface area (Å²) < 4.78 is 5.60. The molecule has 2 aromatic rings. The van der Waals surface area contributed by atoms with Gasteiger partial charge in [0, 0.05) is 11.5 Å². The molecular weight excluding hydrogens is 360 g/mol. The van der Waals surface area contributed by atoms with E-state index in [1.54, 1.807) is 0 Å². The van der Waals surface area contributed by atoms with Crippen LogP contribution in [0.2, 0.25) is 0 Å². The van der Waals surface area contributed by atoms with Gasteiger partial charge in [-0.1, -0.05) is 36.4 Å². The maximum atomic E-state index is 13.0. The van der Waals surface area contributed by atoms with Gasteiger partial charge in [0.2, 0.25) is 0 Å². The number of anilines is 1. The molecule has 152 valence electrons. The number of hydrogen-bond donors (Lipinski definition) is 2. The summed E-state index contributed by atoms with van der Waals surface area (Å²) in [5.41, 5.74) is 3.84. The van der Waals surface area contributed by atoms with Crippen molar-refractivity contribution >= 4 is 11.6 Å². The van der Waals surface area contributed by atoms with E-state index in [0.717, 1.165) is 17.9 Å². The highest BCUT2D eigenvalue weighted by Crippen LogP contribution is 2.50. The third-order valence-corrected chi connectivity index (χ3v) is 5.68. The lowest BCUT2D eigenvalue weighted by atomic mass is 9.76. The number of para-hydroxylation sites is 1. The van der Waals surface area contributed by atoms with E-state index >= 15 is 0 Å². The van der Waals surface area contributed by atoms with Gasteiger partial charge in [0.05, 0.1) is 23.9 Å². The molecule has 0 saturated carbocycles. The van der Waals surface area contributed by atoms with Gasteiger partial charge < -0.3 is 15.4 Å². The molecule has 29 heavy (non-hydrogen) atoms. The van der Waals surface area contributed by atoms with Crippen LogP contribution in [0.25, 0.3) is 0 Å². The number of amides is 1. The van der Waals surface area contributed by atoms with Crippen molar-refractivity contribution in [2.75, 3.05) is 11.9 Å². The molecule has 4 rings (SSSR count). The number of benzene rings is 2. The summed E-state index contributed by atoms with van der Waals surface area (Å²) in [7, 11) is 0. The lowest BCUT2D eigenvalue weighted by molar-refractivity contribution is 0.0920. The molecule has 4 nitrogen and oxygen atoms in total. The molecule has 2 N–H and O–H groups in total. The van der Waals surface area contributed by atoms with Crippen molar-refractivity contribution in [2.45, 2.75) is 51.6 Å². The Balaban J connectivity index is 1.71. The molecule has 2 aliphatic rings. The monoisotopic (exact) mass is 390 g/mol. The van der Waals surface area contributed by atoms with E-state index in [-0.39, 0.29) is 17.5 Å². The quantitative estimate of drug-likeness (QED) is 0.684. The summed E-state index contributed by atoms with van der Waals surface area (Å²) >= 11 is 0. The first-order chi connectivity index (χ1) is 13.9. The number of allylic oxidation sites excluding steroid dienone is 2. The zero-order valence-electron chi connectivity index (χ0n) is 17.7. The Kier molecular flexibility index (Phi) is 5.12. The molecule has 1 amide bonds. The number of nitrogens with one attached hydrogen (secondary N) is 2. The number of hydrogen-bond acceptors (Lipinski definition) is 3. The van der Waals surface area contributed by atoms with E-state index in [2.05, 4.69) is 41.0 Å². The molecule has 4 heteroatoms. The molecule has 0 aromatic heterocycles. The second-order valence-electron chi connectivity index (χ2n) is 8.95. The van der Waals surface area contributed by atoms with Crippen molar-refractivity contribution in [2.24, 2.45) is 5.92 Å². The van der Waals surface area contributed by atoms with E-state index in [9.17, 15) is 4.79 Å². The highest BCUT2D eigenvalue weighted by Gasteiger charge is 2.39. The van der Waals surface area contributed by atoms with E-state index in [1.165, 1.54) is 11.1 Å². The molecule has 0 bridgehead atoms. The van der Waals surface area contributed by atoms with Gasteiger partial charge in [0.25, 0.3) is 5.91 Å². The van der Waals surface area contributed by atoms with Gasteiger partial charge in [-0.05, 0) is 69.4 Å². The molecule has 2 aromatic carbocycles. The standard InChI is InChI=1S/C25H30N2O2/c1-5-29-17-14-12-16(13-15-17)22-19-9-6-8-18(19)20-10-7-11-21(23(20)26-22)24(28)27-25(2,3)4/h6-8,10-15,18-19,22,26H,5,9H2,1-4H3,(H,27,28). The van der Waals surface area contributed by atoms with Crippen LogP contribution in [0.3, 0.4) is 0 Å². The number of carbonyl (C=O) groups excluding carboxylic acids is 1. The molecule has 1 aliphatic carbocycles. The maximum Gasteiger partial charge on any atom is 0.253 e. The maximum absolute atomic E-state index is 13.0. The van der Waals surface area contributed by atoms with Crippen molar-refractivity contribution in [3.8, 4) is 5.75 Å². The number of ether oxygens (including phenoxy) is 1. The van der Waals surface area contributed by atoms with Gasteiger partial charge in [0.15, 0.2) is 0 Å². The average molecular weight is 391 g/mol. The topological polar surface area (TPSA) is 50.4 Å². The van der Waals surface area contributed by atoms with E-state index in [0.29, 0.717) is 24.0 Å². The third-order valence-electron chi connectivity index (χ3n) is 5.68. The highest BCUT2D eigenvalue weighted by atomic mass is 16.5. The zero-order valence-corrected chi connectivity index (χ0v) is 17.7. The Hall–Kier alpha value is -2.75. The first kappa shape index (κ1) is 19.6. The zero-order chi connectivity index (χ0) is 20.6. The molecule has 3 atom stereocenters. The van der Waals surface area contributed by atoms with Crippen molar-refractivity contribution in [3.05, 3.63) is 71.3 Å². The van der Waals surface area contributed by atoms with Crippen molar-refractivity contribution < 1.29 is 9.53 Å². The molecule has 0 saturated heterocycles. The summed E-state index contributed by atoms with van der Waals surface area (Å²) in [5, 5.41) is 6.84. The van der Waals surface area contributed by atoms with E-state index in [4.69, 9.17) is 4.74 Å². The minimum atomic E-state index is -0.279. The van der Waals surface area contributed by atoms with E-state index in [1.807, 2.05) is 52.0 Å². The summed E-state index contributed by atoms with van der Waals surface area (Å²) in [6.07, 6.45) is 5.61. The minimum absolute atomic E-state index is 0.0345. The van der Waals surface area contributed by atoms with Gasteiger partial charge >= 0.3 is 0 Å². The van der Waals surface area contributed by atoms with Crippen LogP contribution < -0.4 is 15.4 Å².